The van der Waals surface area contributed by atoms with E-state index in [0.29, 0.717) is 4.77 Å². The smallest absolute Gasteiger partial charge is 0.179 e. The molecule has 0 radical (unpaired) electrons. The number of imidazole rings is 1. The summed E-state index contributed by atoms with van der Waals surface area (Å²) in [6.07, 6.45) is 5.29. The summed E-state index contributed by atoms with van der Waals surface area (Å²) in [7, 11) is 0. The van der Waals surface area contributed by atoms with Gasteiger partial charge in [-0.05, 0) is 30.8 Å². The number of aryl methyl sites for hydroxylation is 3. The quantitative estimate of drug-likeness (QED) is 0.728. The zero-order valence-electron chi connectivity index (χ0n) is 9.87. The summed E-state index contributed by atoms with van der Waals surface area (Å²) in [5.74, 6) is 0. The molecule has 3 rings (SSSR count). The van der Waals surface area contributed by atoms with Gasteiger partial charge in [-0.25, -0.2) is 4.98 Å². The van der Waals surface area contributed by atoms with Crippen LogP contribution in [0.3, 0.4) is 0 Å². The Bertz CT molecular complexity index is 724. The van der Waals surface area contributed by atoms with Gasteiger partial charge in [0.2, 0.25) is 0 Å². The van der Waals surface area contributed by atoms with Crippen molar-refractivity contribution < 1.29 is 0 Å². The number of hydrogen-bond donors (Lipinski definition) is 1. The van der Waals surface area contributed by atoms with Crippen molar-refractivity contribution in [3.05, 3.63) is 35.0 Å². The molecular formula is C11H12N6S. The van der Waals surface area contributed by atoms with E-state index < -0.39 is 0 Å². The molecular weight excluding hydrogens is 248 g/mol. The molecule has 3 heterocycles. The van der Waals surface area contributed by atoms with Crippen LogP contribution in [0.1, 0.15) is 5.56 Å². The van der Waals surface area contributed by atoms with Gasteiger partial charge in [0, 0.05) is 18.9 Å². The lowest BCUT2D eigenvalue weighted by Gasteiger charge is -2.03. The van der Waals surface area contributed by atoms with Crippen LogP contribution in [0, 0.1) is 11.7 Å². The molecule has 0 atom stereocenters. The number of nitrogens with one attached hydrogen (secondary N) is 1. The molecule has 3 aromatic heterocycles. The molecule has 6 nitrogen and oxygen atoms in total. The second-order valence-corrected chi connectivity index (χ2v) is 4.46. The van der Waals surface area contributed by atoms with Gasteiger partial charge in [0.05, 0.1) is 18.3 Å². The molecule has 92 valence electrons. The zero-order valence-corrected chi connectivity index (χ0v) is 10.7. The van der Waals surface area contributed by atoms with Crippen LogP contribution in [0.25, 0.3) is 11.2 Å². The number of pyridine rings is 1. The highest BCUT2D eigenvalue weighted by Crippen LogP contribution is 2.15. The van der Waals surface area contributed by atoms with Crippen molar-refractivity contribution in [1.82, 2.24) is 29.5 Å². The highest BCUT2D eigenvalue weighted by atomic mass is 32.1. The van der Waals surface area contributed by atoms with E-state index in [1.165, 1.54) is 0 Å². The monoisotopic (exact) mass is 260 g/mol. The molecule has 0 aliphatic carbocycles. The molecule has 0 bridgehead atoms. The van der Waals surface area contributed by atoms with E-state index in [4.69, 9.17) is 12.2 Å². The van der Waals surface area contributed by atoms with Crippen molar-refractivity contribution in [2.24, 2.45) is 0 Å². The first-order valence-corrected chi connectivity index (χ1v) is 6.05. The number of H-pyrrole nitrogens is 1. The Balaban J connectivity index is 1.99. The molecule has 0 aromatic carbocycles. The second kappa shape index (κ2) is 4.34. The van der Waals surface area contributed by atoms with Crippen LogP contribution in [0.4, 0.5) is 0 Å². The zero-order chi connectivity index (χ0) is 12.5. The number of hydrogen-bond acceptors (Lipinski definition) is 4. The number of aromatic amines is 1. The van der Waals surface area contributed by atoms with E-state index in [1.54, 1.807) is 17.1 Å². The number of aromatic nitrogens is 6. The van der Waals surface area contributed by atoms with Crippen molar-refractivity contribution >= 4 is 23.4 Å². The molecule has 0 aliphatic heterocycles. The summed E-state index contributed by atoms with van der Waals surface area (Å²) in [6, 6.07) is 1.97. The predicted octanol–water partition coefficient (Wildman–Crippen LogP) is 1.69. The molecule has 1 N–H and O–H groups in total. The van der Waals surface area contributed by atoms with Gasteiger partial charge in [0.25, 0.3) is 0 Å². The normalized spacial score (nSPS) is 11.2. The Morgan fingerprint density at radius 1 is 1.33 bits per heavy atom. The average Bonchev–Trinajstić information content (AvgIpc) is 2.95. The van der Waals surface area contributed by atoms with Gasteiger partial charge in [0.1, 0.15) is 0 Å². The fourth-order valence-corrected chi connectivity index (χ4v) is 2.22. The third kappa shape index (κ3) is 1.82. The summed E-state index contributed by atoms with van der Waals surface area (Å²) in [4.78, 5) is 7.58. The lowest BCUT2D eigenvalue weighted by atomic mass is 10.3. The van der Waals surface area contributed by atoms with Gasteiger partial charge >= 0.3 is 0 Å². The largest absolute Gasteiger partial charge is 0.329 e. The molecule has 0 saturated carbocycles. The van der Waals surface area contributed by atoms with E-state index >= 15 is 0 Å². The Morgan fingerprint density at radius 3 is 3.00 bits per heavy atom. The molecule has 7 heteroatoms. The molecule has 18 heavy (non-hydrogen) atoms. The number of rotatable bonds is 3. The van der Waals surface area contributed by atoms with E-state index in [0.717, 1.165) is 29.8 Å². The summed E-state index contributed by atoms with van der Waals surface area (Å²) < 4.78 is 4.45. The Hall–Kier alpha value is -2.02. The van der Waals surface area contributed by atoms with Crippen LogP contribution in [0.5, 0.6) is 0 Å². The van der Waals surface area contributed by atoms with E-state index in [-0.39, 0.29) is 0 Å². The fourth-order valence-electron chi connectivity index (χ4n) is 1.94. The fraction of sp³-hybridized carbons (Fsp3) is 0.273. The van der Waals surface area contributed by atoms with Crippen molar-refractivity contribution in [3.8, 4) is 0 Å². The van der Waals surface area contributed by atoms with Crippen molar-refractivity contribution in [2.45, 2.75) is 20.0 Å². The van der Waals surface area contributed by atoms with Gasteiger partial charge in [-0.3, -0.25) is 9.25 Å². The first-order chi connectivity index (χ1) is 8.75. The molecule has 0 aliphatic rings. The lowest BCUT2D eigenvalue weighted by molar-refractivity contribution is 0.521. The van der Waals surface area contributed by atoms with Crippen molar-refractivity contribution in [2.75, 3.05) is 0 Å². The van der Waals surface area contributed by atoms with Crippen LogP contribution >= 0.6 is 12.2 Å². The molecule has 3 aromatic rings. The van der Waals surface area contributed by atoms with Gasteiger partial charge in [-0.1, -0.05) is 5.21 Å². The lowest BCUT2D eigenvalue weighted by Crippen LogP contribution is -2.08. The van der Waals surface area contributed by atoms with Gasteiger partial charge in [-0.2, -0.15) is 0 Å². The van der Waals surface area contributed by atoms with Crippen molar-refractivity contribution in [1.29, 1.82) is 0 Å². The number of fused-ring (bicyclic) bond motifs is 1. The SMILES string of the molecule is Cc1ccnc2c1[nH]c(=S)n2CCn1ccnn1. The molecule has 0 unspecified atom stereocenters. The second-order valence-electron chi connectivity index (χ2n) is 4.07. The van der Waals surface area contributed by atoms with Gasteiger partial charge in [0.15, 0.2) is 10.4 Å². The van der Waals surface area contributed by atoms with Crippen LogP contribution in [0.15, 0.2) is 24.7 Å². The summed E-state index contributed by atoms with van der Waals surface area (Å²) in [6.45, 7) is 3.48. The first kappa shape index (κ1) is 11.1. The van der Waals surface area contributed by atoms with Crippen LogP contribution in [0.2, 0.25) is 0 Å². The molecule has 0 amide bonds. The van der Waals surface area contributed by atoms with E-state index in [2.05, 4.69) is 20.3 Å². The Kier molecular flexibility index (Phi) is 2.67. The predicted molar refractivity (Wildman–Crippen MR) is 69.7 cm³/mol. The maximum Gasteiger partial charge on any atom is 0.179 e. The van der Waals surface area contributed by atoms with Gasteiger partial charge < -0.3 is 4.98 Å². The third-order valence-electron chi connectivity index (χ3n) is 2.90. The van der Waals surface area contributed by atoms with Crippen LogP contribution in [-0.2, 0) is 13.1 Å². The van der Waals surface area contributed by atoms with E-state index in [1.807, 2.05) is 23.8 Å². The Morgan fingerprint density at radius 2 is 2.22 bits per heavy atom. The summed E-state index contributed by atoms with van der Waals surface area (Å²) in [5, 5.41) is 7.71. The van der Waals surface area contributed by atoms with E-state index in [9.17, 15) is 0 Å². The van der Waals surface area contributed by atoms with Crippen LogP contribution in [-0.4, -0.2) is 29.5 Å². The average molecular weight is 260 g/mol. The first-order valence-electron chi connectivity index (χ1n) is 5.64. The standard InChI is InChI=1S/C11H12N6S/c1-8-2-3-12-10-9(8)14-11(18)17(10)7-6-16-5-4-13-15-16/h2-5H,6-7H2,1H3,(H,14,18). The highest BCUT2D eigenvalue weighted by Gasteiger charge is 2.07. The number of nitrogens with zero attached hydrogens (tertiary/aromatic N) is 5. The maximum atomic E-state index is 5.33. The minimum atomic E-state index is 0.687. The molecule has 0 spiro atoms. The molecule has 0 fully saturated rings. The Labute approximate surface area is 108 Å². The summed E-state index contributed by atoms with van der Waals surface area (Å²) >= 11 is 5.33. The van der Waals surface area contributed by atoms with Crippen molar-refractivity contribution in [3.63, 3.8) is 0 Å². The molecule has 0 saturated heterocycles. The van der Waals surface area contributed by atoms with Gasteiger partial charge in [-0.15, -0.1) is 5.10 Å². The highest BCUT2D eigenvalue weighted by molar-refractivity contribution is 7.71. The maximum absolute atomic E-state index is 5.33. The topological polar surface area (TPSA) is 64.3 Å². The summed E-state index contributed by atoms with van der Waals surface area (Å²) in [5.41, 5.74) is 3.03. The van der Waals surface area contributed by atoms with Crippen LogP contribution < -0.4 is 0 Å². The minimum Gasteiger partial charge on any atom is -0.329 e. The minimum absolute atomic E-state index is 0.687. The third-order valence-corrected chi connectivity index (χ3v) is 3.22.